The highest BCUT2D eigenvalue weighted by molar-refractivity contribution is 5.78. The molecule has 0 atom stereocenters. The molecule has 1 aromatic carbocycles. The van der Waals surface area contributed by atoms with Crippen molar-refractivity contribution in [1.82, 2.24) is 15.1 Å². The van der Waals surface area contributed by atoms with Crippen LogP contribution in [0.4, 0.5) is 4.79 Å². The van der Waals surface area contributed by atoms with Crippen molar-refractivity contribution in [2.45, 2.75) is 25.3 Å². The lowest BCUT2D eigenvalue weighted by Crippen LogP contribution is -2.48. The fourth-order valence-corrected chi connectivity index (χ4v) is 3.29. The van der Waals surface area contributed by atoms with E-state index in [0.29, 0.717) is 31.8 Å². The normalized spacial score (nSPS) is 18.0. The largest absolute Gasteiger partial charge is 0.484 e. The molecule has 7 nitrogen and oxygen atoms in total. The van der Waals surface area contributed by atoms with Crippen molar-refractivity contribution >= 4 is 11.9 Å². The van der Waals surface area contributed by atoms with Gasteiger partial charge in [-0.05, 0) is 30.5 Å². The number of rotatable bonds is 5. The van der Waals surface area contributed by atoms with Gasteiger partial charge in [-0.15, -0.1) is 0 Å². The van der Waals surface area contributed by atoms with Gasteiger partial charge in [-0.1, -0.05) is 12.1 Å². The molecular weight excluding hydrogens is 320 g/mol. The highest BCUT2D eigenvalue weighted by Crippen LogP contribution is 2.19. The van der Waals surface area contributed by atoms with Crippen LogP contribution in [-0.2, 0) is 11.2 Å². The summed E-state index contributed by atoms with van der Waals surface area (Å²) < 4.78 is 5.55. The van der Waals surface area contributed by atoms with Gasteiger partial charge in [0.2, 0.25) is 0 Å². The van der Waals surface area contributed by atoms with Gasteiger partial charge >= 0.3 is 6.03 Å². The second-order valence-corrected chi connectivity index (χ2v) is 6.30. The number of piperidine rings is 1. The summed E-state index contributed by atoms with van der Waals surface area (Å²) in [6, 6.07) is 9.53. The van der Waals surface area contributed by atoms with E-state index >= 15 is 0 Å². The van der Waals surface area contributed by atoms with Crippen molar-refractivity contribution in [3.63, 3.8) is 0 Å². The number of hydrogen-bond acceptors (Lipinski definition) is 4. The summed E-state index contributed by atoms with van der Waals surface area (Å²) >= 11 is 0. The van der Waals surface area contributed by atoms with Crippen molar-refractivity contribution in [2.75, 3.05) is 32.8 Å². The predicted molar refractivity (Wildman–Crippen MR) is 91.0 cm³/mol. The van der Waals surface area contributed by atoms with E-state index in [-0.39, 0.29) is 24.6 Å². The zero-order valence-electron chi connectivity index (χ0n) is 14.1. The smallest absolute Gasteiger partial charge is 0.317 e. The van der Waals surface area contributed by atoms with Gasteiger partial charge < -0.3 is 19.9 Å². The molecule has 0 bridgehead atoms. The molecule has 0 spiro atoms. The summed E-state index contributed by atoms with van der Waals surface area (Å²) in [7, 11) is 0. The van der Waals surface area contributed by atoms with Crippen molar-refractivity contribution in [3.8, 4) is 11.8 Å². The van der Waals surface area contributed by atoms with Crippen LogP contribution < -0.4 is 10.1 Å². The summed E-state index contributed by atoms with van der Waals surface area (Å²) in [5.74, 6) is 0.587. The molecule has 0 saturated carbocycles. The van der Waals surface area contributed by atoms with Crippen molar-refractivity contribution in [3.05, 3.63) is 29.8 Å². The van der Waals surface area contributed by atoms with Gasteiger partial charge in [0.05, 0.1) is 12.5 Å². The third-order valence-corrected chi connectivity index (χ3v) is 4.72. The molecule has 0 aliphatic carbocycles. The van der Waals surface area contributed by atoms with E-state index in [9.17, 15) is 9.59 Å². The monoisotopic (exact) mass is 342 g/mol. The van der Waals surface area contributed by atoms with Gasteiger partial charge in [-0.25, -0.2) is 4.79 Å². The molecule has 3 amide bonds. The lowest BCUT2D eigenvalue weighted by atomic mass is 10.0. The Labute approximate surface area is 147 Å². The minimum absolute atomic E-state index is 0.00641. The molecule has 3 rings (SSSR count). The molecule has 2 heterocycles. The van der Waals surface area contributed by atoms with Crippen LogP contribution in [0.15, 0.2) is 24.3 Å². The molecule has 0 unspecified atom stereocenters. The Morgan fingerprint density at radius 2 is 1.96 bits per heavy atom. The molecule has 1 N–H and O–H groups in total. The summed E-state index contributed by atoms with van der Waals surface area (Å²) in [5, 5.41) is 11.5. The third-order valence-electron chi connectivity index (χ3n) is 4.72. The van der Waals surface area contributed by atoms with Gasteiger partial charge in [0.15, 0.2) is 6.61 Å². The average Bonchev–Trinajstić information content (AvgIpc) is 3.07. The number of carbonyl (C=O) groups is 2. The molecule has 2 fully saturated rings. The molecule has 132 valence electrons. The van der Waals surface area contributed by atoms with Crippen LogP contribution in [0.5, 0.6) is 5.75 Å². The quantitative estimate of drug-likeness (QED) is 0.870. The van der Waals surface area contributed by atoms with Gasteiger partial charge in [0, 0.05) is 32.2 Å². The van der Waals surface area contributed by atoms with Crippen molar-refractivity contribution in [1.29, 1.82) is 5.26 Å². The van der Waals surface area contributed by atoms with Crippen molar-refractivity contribution in [2.24, 2.45) is 0 Å². The fourth-order valence-electron chi connectivity index (χ4n) is 3.29. The van der Waals surface area contributed by atoms with Crippen LogP contribution >= 0.6 is 0 Å². The maximum Gasteiger partial charge on any atom is 0.317 e. The minimum Gasteiger partial charge on any atom is -0.484 e. The number of hydrogen-bond donors (Lipinski definition) is 1. The van der Waals surface area contributed by atoms with E-state index in [4.69, 9.17) is 10.00 Å². The lowest BCUT2D eigenvalue weighted by Gasteiger charge is -2.36. The number of amides is 3. The first-order valence-corrected chi connectivity index (χ1v) is 8.58. The number of ether oxygens (including phenoxy) is 1. The summed E-state index contributed by atoms with van der Waals surface area (Å²) in [5.41, 5.74) is 0.925. The topological polar surface area (TPSA) is 85.7 Å². The molecule has 2 aliphatic rings. The Hall–Kier alpha value is -2.75. The summed E-state index contributed by atoms with van der Waals surface area (Å²) in [4.78, 5) is 27.7. The SMILES string of the molecule is N#CCc1ccc(OCC(=O)N2CCC(N3CCNC3=O)CC2)cc1. The van der Waals surface area contributed by atoms with E-state index in [1.807, 2.05) is 17.0 Å². The standard InChI is InChI=1S/C18H22N4O3/c19-8-5-14-1-3-16(4-2-14)25-13-17(23)21-10-6-15(7-11-21)22-12-9-20-18(22)24/h1-4,15H,5-7,9-13H2,(H,20,24). The maximum atomic E-state index is 12.3. The fraction of sp³-hybridized carbons (Fsp3) is 0.500. The highest BCUT2D eigenvalue weighted by atomic mass is 16.5. The molecular formula is C18H22N4O3. The molecule has 1 aromatic rings. The Bertz CT molecular complexity index is 660. The van der Waals surface area contributed by atoms with Crippen LogP contribution in [-0.4, -0.2) is 60.6 Å². The third kappa shape index (κ3) is 4.21. The zero-order chi connectivity index (χ0) is 17.6. The predicted octanol–water partition coefficient (Wildman–Crippen LogP) is 1.15. The molecule has 7 heteroatoms. The Morgan fingerprint density at radius 3 is 2.56 bits per heavy atom. The van der Waals surface area contributed by atoms with Crippen LogP contribution in [0.3, 0.4) is 0 Å². The van der Waals surface area contributed by atoms with E-state index in [2.05, 4.69) is 11.4 Å². The van der Waals surface area contributed by atoms with Gasteiger partial charge in [-0.3, -0.25) is 4.79 Å². The lowest BCUT2D eigenvalue weighted by molar-refractivity contribution is -0.134. The van der Waals surface area contributed by atoms with Gasteiger partial charge in [-0.2, -0.15) is 5.26 Å². The van der Waals surface area contributed by atoms with Crippen LogP contribution in [0.2, 0.25) is 0 Å². The first kappa shape index (κ1) is 17.1. The number of carbonyl (C=O) groups excluding carboxylic acids is 2. The van der Waals surface area contributed by atoms with Gasteiger partial charge in [0.25, 0.3) is 5.91 Å². The Kier molecular flexibility index (Phi) is 5.39. The number of nitrogens with one attached hydrogen (secondary N) is 1. The second kappa shape index (κ2) is 7.88. The maximum absolute atomic E-state index is 12.3. The second-order valence-electron chi connectivity index (χ2n) is 6.30. The number of nitriles is 1. The van der Waals surface area contributed by atoms with Crippen LogP contribution in [0.1, 0.15) is 18.4 Å². The van der Waals surface area contributed by atoms with Crippen molar-refractivity contribution < 1.29 is 14.3 Å². The van der Waals surface area contributed by atoms with E-state index in [1.165, 1.54) is 0 Å². The number of likely N-dealkylation sites (tertiary alicyclic amines) is 1. The number of nitrogens with zero attached hydrogens (tertiary/aromatic N) is 3. The van der Waals surface area contributed by atoms with E-state index in [1.54, 1.807) is 17.0 Å². The number of benzene rings is 1. The Morgan fingerprint density at radius 1 is 1.24 bits per heavy atom. The highest BCUT2D eigenvalue weighted by Gasteiger charge is 2.31. The Balaban J connectivity index is 1.43. The molecule has 2 saturated heterocycles. The molecule has 0 aromatic heterocycles. The summed E-state index contributed by atoms with van der Waals surface area (Å²) in [6.07, 6.45) is 1.98. The average molecular weight is 342 g/mol. The minimum atomic E-state index is -0.0366. The molecule has 0 radical (unpaired) electrons. The number of urea groups is 1. The zero-order valence-corrected chi connectivity index (χ0v) is 14.1. The van der Waals surface area contributed by atoms with Crippen LogP contribution in [0, 0.1) is 11.3 Å². The first-order chi connectivity index (χ1) is 12.2. The van der Waals surface area contributed by atoms with Gasteiger partial charge in [0.1, 0.15) is 5.75 Å². The molecule has 2 aliphatic heterocycles. The summed E-state index contributed by atoms with van der Waals surface area (Å²) in [6.45, 7) is 2.77. The first-order valence-electron chi connectivity index (χ1n) is 8.58. The molecule has 25 heavy (non-hydrogen) atoms. The van der Waals surface area contributed by atoms with E-state index in [0.717, 1.165) is 24.9 Å². The van der Waals surface area contributed by atoms with Crippen LogP contribution in [0.25, 0.3) is 0 Å². The van der Waals surface area contributed by atoms with E-state index < -0.39 is 0 Å².